The predicted octanol–water partition coefficient (Wildman–Crippen LogP) is 4.43. The highest BCUT2D eigenvalue weighted by Crippen LogP contribution is 2.38. The Hall–Kier alpha value is -0.0800. The minimum Gasteiger partial charge on any atom is -0.370 e. The Morgan fingerprint density at radius 1 is 0.950 bits per heavy atom. The van der Waals surface area contributed by atoms with E-state index in [1.165, 1.54) is 77.0 Å². The molecule has 3 aliphatic rings. The molecule has 0 heterocycles. The van der Waals surface area contributed by atoms with Crippen LogP contribution in [0.25, 0.3) is 0 Å². The van der Waals surface area contributed by atoms with Crippen molar-refractivity contribution in [3.05, 3.63) is 0 Å². The molecule has 0 saturated heterocycles. The molecule has 3 fully saturated rings. The molecule has 2 unspecified atom stereocenters. The van der Waals surface area contributed by atoms with Crippen molar-refractivity contribution in [3.8, 4) is 0 Å². The van der Waals surface area contributed by atoms with Crippen molar-refractivity contribution in [2.75, 3.05) is 6.54 Å². The summed E-state index contributed by atoms with van der Waals surface area (Å²) in [6.45, 7) is 3.53. The first-order chi connectivity index (χ1) is 9.76. The third-order valence-electron chi connectivity index (χ3n) is 5.56. The fourth-order valence-corrected chi connectivity index (χ4v) is 4.25. The van der Waals surface area contributed by atoms with Gasteiger partial charge in [-0.15, -0.1) is 0 Å². The molecule has 2 heteroatoms. The first-order valence-electron chi connectivity index (χ1n) is 9.17. The average Bonchev–Trinajstić information content (AvgIpc) is 3.24. The third-order valence-corrected chi connectivity index (χ3v) is 5.56. The largest absolute Gasteiger partial charge is 0.370 e. The second-order valence-corrected chi connectivity index (χ2v) is 7.77. The standard InChI is InChI=1S/C18H33NO/c1-15-7-6-12-18(13-15,14-19-16-10-11-16)20-17-8-4-2-3-5-9-17/h15-17,19H,2-14H2,1H3. The highest BCUT2D eigenvalue weighted by Gasteiger charge is 2.39. The van der Waals surface area contributed by atoms with E-state index >= 15 is 0 Å². The van der Waals surface area contributed by atoms with E-state index in [2.05, 4.69) is 12.2 Å². The Morgan fingerprint density at radius 2 is 1.70 bits per heavy atom. The van der Waals surface area contributed by atoms with Gasteiger partial charge in [0.05, 0.1) is 11.7 Å². The monoisotopic (exact) mass is 279 g/mol. The predicted molar refractivity (Wildman–Crippen MR) is 84.0 cm³/mol. The van der Waals surface area contributed by atoms with Crippen LogP contribution in [0.1, 0.15) is 84.0 Å². The van der Waals surface area contributed by atoms with E-state index in [9.17, 15) is 0 Å². The summed E-state index contributed by atoms with van der Waals surface area (Å²) in [6, 6.07) is 0.807. The summed E-state index contributed by atoms with van der Waals surface area (Å²) in [5, 5.41) is 3.77. The Morgan fingerprint density at radius 3 is 2.35 bits per heavy atom. The Kier molecular flexibility index (Phi) is 5.04. The molecule has 0 aromatic heterocycles. The van der Waals surface area contributed by atoms with Gasteiger partial charge in [0.2, 0.25) is 0 Å². The van der Waals surface area contributed by atoms with Crippen LogP contribution in [-0.2, 0) is 4.74 Å². The van der Waals surface area contributed by atoms with E-state index in [-0.39, 0.29) is 5.60 Å². The van der Waals surface area contributed by atoms with Gasteiger partial charge in [0, 0.05) is 12.6 Å². The first-order valence-corrected chi connectivity index (χ1v) is 9.17. The molecule has 0 spiro atoms. The molecule has 0 aromatic rings. The van der Waals surface area contributed by atoms with Crippen LogP contribution in [0.2, 0.25) is 0 Å². The Bertz CT molecular complexity index is 294. The zero-order valence-corrected chi connectivity index (χ0v) is 13.3. The SMILES string of the molecule is CC1CCCC(CNC2CC2)(OC2CCCCCC2)C1. The molecular formula is C18H33NO. The summed E-state index contributed by atoms with van der Waals surface area (Å²) >= 11 is 0. The summed E-state index contributed by atoms with van der Waals surface area (Å²) in [5.74, 6) is 0.843. The maximum absolute atomic E-state index is 6.79. The van der Waals surface area contributed by atoms with Crippen molar-refractivity contribution in [1.82, 2.24) is 5.32 Å². The minimum absolute atomic E-state index is 0.162. The summed E-state index contributed by atoms with van der Waals surface area (Å²) < 4.78 is 6.79. The molecule has 2 atom stereocenters. The molecule has 0 bridgehead atoms. The molecule has 20 heavy (non-hydrogen) atoms. The number of nitrogens with one attached hydrogen (secondary N) is 1. The third kappa shape index (κ3) is 4.21. The smallest absolute Gasteiger partial charge is 0.0812 e. The van der Waals surface area contributed by atoms with Crippen LogP contribution in [0.4, 0.5) is 0 Å². The van der Waals surface area contributed by atoms with Crippen molar-refractivity contribution >= 4 is 0 Å². The summed E-state index contributed by atoms with van der Waals surface area (Å²) in [6.07, 6.45) is 16.9. The van der Waals surface area contributed by atoms with Gasteiger partial charge in [0.15, 0.2) is 0 Å². The molecule has 0 radical (unpaired) electrons. The fourth-order valence-electron chi connectivity index (χ4n) is 4.25. The normalized spacial score (nSPS) is 36.8. The van der Waals surface area contributed by atoms with E-state index < -0.39 is 0 Å². The quantitative estimate of drug-likeness (QED) is 0.752. The molecule has 1 N–H and O–H groups in total. The molecule has 2 nitrogen and oxygen atoms in total. The zero-order chi connectivity index (χ0) is 13.8. The topological polar surface area (TPSA) is 21.3 Å². The van der Waals surface area contributed by atoms with Gasteiger partial charge >= 0.3 is 0 Å². The zero-order valence-electron chi connectivity index (χ0n) is 13.3. The van der Waals surface area contributed by atoms with Crippen molar-refractivity contribution in [1.29, 1.82) is 0 Å². The molecule has 116 valence electrons. The van der Waals surface area contributed by atoms with Crippen molar-refractivity contribution in [3.63, 3.8) is 0 Å². The second-order valence-electron chi connectivity index (χ2n) is 7.77. The highest BCUT2D eigenvalue weighted by atomic mass is 16.5. The van der Waals surface area contributed by atoms with Crippen LogP contribution in [-0.4, -0.2) is 24.3 Å². The molecule has 3 saturated carbocycles. The highest BCUT2D eigenvalue weighted by molar-refractivity contribution is 4.93. The number of rotatable bonds is 5. The van der Waals surface area contributed by atoms with Crippen molar-refractivity contribution in [2.24, 2.45) is 5.92 Å². The van der Waals surface area contributed by atoms with Gasteiger partial charge in [-0.1, -0.05) is 45.4 Å². The number of ether oxygens (including phenoxy) is 1. The lowest BCUT2D eigenvalue weighted by Gasteiger charge is -2.42. The summed E-state index contributed by atoms with van der Waals surface area (Å²) in [5.41, 5.74) is 0.162. The molecule has 0 aromatic carbocycles. The van der Waals surface area contributed by atoms with Crippen LogP contribution >= 0.6 is 0 Å². The van der Waals surface area contributed by atoms with E-state index in [0.29, 0.717) is 6.10 Å². The molecule has 0 aliphatic heterocycles. The Balaban J connectivity index is 1.60. The fraction of sp³-hybridized carbons (Fsp3) is 1.00. The Labute approximate surface area is 125 Å². The second kappa shape index (κ2) is 6.79. The van der Waals surface area contributed by atoms with Crippen molar-refractivity contribution < 1.29 is 4.74 Å². The van der Waals surface area contributed by atoms with Gasteiger partial charge < -0.3 is 10.1 Å². The van der Waals surface area contributed by atoms with Crippen LogP contribution in [0.15, 0.2) is 0 Å². The first kappa shape index (κ1) is 14.8. The van der Waals surface area contributed by atoms with Gasteiger partial charge in [-0.3, -0.25) is 0 Å². The van der Waals surface area contributed by atoms with Crippen LogP contribution in [0.5, 0.6) is 0 Å². The van der Waals surface area contributed by atoms with E-state index in [0.717, 1.165) is 18.5 Å². The molecule has 3 rings (SSSR count). The van der Waals surface area contributed by atoms with Crippen LogP contribution < -0.4 is 5.32 Å². The van der Waals surface area contributed by atoms with E-state index in [4.69, 9.17) is 4.74 Å². The van der Waals surface area contributed by atoms with Crippen LogP contribution in [0.3, 0.4) is 0 Å². The van der Waals surface area contributed by atoms with E-state index in [1.54, 1.807) is 0 Å². The van der Waals surface area contributed by atoms with Gasteiger partial charge in [-0.25, -0.2) is 0 Å². The maximum Gasteiger partial charge on any atom is 0.0812 e. The molecule has 3 aliphatic carbocycles. The lowest BCUT2D eigenvalue weighted by Crippen LogP contribution is -2.49. The lowest BCUT2D eigenvalue weighted by molar-refractivity contribution is -0.124. The average molecular weight is 279 g/mol. The summed E-state index contributed by atoms with van der Waals surface area (Å²) in [7, 11) is 0. The minimum atomic E-state index is 0.162. The van der Waals surface area contributed by atoms with Crippen molar-refractivity contribution in [2.45, 2.75) is 102 Å². The van der Waals surface area contributed by atoms with Gasteiger partial charge in [-0.2, -0.15) is 0 Å². The van der Waals surface area contributed by atoms with Crippen LogP contribution in [0, 0.1) is 5.92 Å². The van der Waals surface area contributed by atoms with Gasteiger partial charge in [0.1, 0.15) is 0 Å². The van der Waals surface area contributed by atoms with Gasteiger partial charge in [-0.05, 0) is 44.4 Å². The van der Waals surface area contributed by atoms with E-state index in [1.807, 2.05) is 0 Å². The lowest BCUT2D eigenvalue weighted by atomic mass is 9.78. The maximum atomic E-state index is 6.79. The molecular weight excluding hydrogens is 246 g/mol. The summed E-state index contributed by atoms with van der Waals surface area (Å²) in [4.78, 5) is 0. The number of hydrogen-bond acceptors (Lipinski definition) is 2. The number of hydrogen-bond donors (Lipinski definition) is 1. The molecule has 0 amide bonds. The van der Waals surface area contributed by atoms with Gasteiger partial charge in [0.25, 0.3) is 0 Å².